The van der Waals surface area contributed by atoms with E-state index in [4.69, 9.17) is 9.47 Å². The molecule has 1 amide bonds. The minimum absolute atomic E-state index is 0.0134. The number of carbonyl (C=O) groups excluding carboxylic acids is 2. The van der Waals surface area contributed by atoms with Crippen molar-refractivity contribution in [1.82, 2.24) is 10.2 Å². The van der Waals surface area contributed by atoms with Gasteiger partial charge in [0.1, 0.15) is 18.2 Å². The van der Waals surface area contributed by atoms with Gasteiger partial charge in [-0.25, -0.2) is 9.18 Å². The molecule has 47 heavy (non-hydrogen) atoms. The standard InChI is InChI=1S/C31H30F6N4O5S/c1-38-28(42)20-12-25(46-29(33)34)24(13-22(20)32)39-9-3-6-26-21(14-31(35,36)37)19-4-2-5-23(27(19)47-26)40-17-7-10-41(11-8-17)15-18-16-44-30(43)45-18/h2,4-5,12-13,17-18,29,39-40H,7-11,14-16H2,1H3,(H,38,42). The molecule has 2 aliphatic heterocycles. The van der Waals surface area contributed by atoms with Gasteiger partial charge < -0.3 is 30.2 Å². The number of nitrogens with zero attached hydrogens (tertiary/aromatic N) is 1. The average Bonchev–Trinajstić information content (AvgIpc) is 3.58. The molecule has 9 nitrogen and oxygen atoms in total. The van der Waals surface area contributed by atoms with Gasteiger partial charge >= 0.3 is 18.9 Å². The molecule has 1 unspecified atom stereocenters. The summed E-state index contributed by atoms with van der Waals surface area (Å²) < 4.78 is 96.5. The van der Waals surface area contributed by atoms with Crippen LogP contribution in [0.3, 0.4) is 0 Å². The van der Waals surface area contributed by atoms with Crippen molar-refractivity contribution in [2.75, 3.05) is 50.5 Å². The molecule has 5 rings (SSSR count). The lowest BCUT2D eigenvalue weighted by atomic mass is 10.0. The van der Waals surface area contributed by atoms with Crippen molar-refractivity contribution in [3.8, 4) is 17.6 Å². The summed E-state index contributed by atoms with van der Waals surface area (Å²) in [5.74, 6) is 3.10. The number of amides is 1. The van der Waals surface area contributed by atoms with Crippen LogP contribution in [0.4, 0.5) is 42.5 Å². The molecule has 3 N–H and O–H groups in total. The molecule has 2 aromatic carbocycles. The first kappa shape index (κ1) is 34.0. The summed E-state index contributed by atoms with van der Waals surface area (Å²) >= 11 is 1.10. The maximum Gasteiger partial charge on any atom is 0.508 e. The summed E-state index contributed by atoms with van der Waals surface area (Å²) in [6.07, 6.45) is -5.17. The van der Waals surface area contributed by atoms with Crippen LogP contribution in [0.1, 0.15) is 33.6 Å². The molecule has 0 saturated carbocycles. The molecule has 2 saturated heterocycles. The molecule has 3 aromatic rings. The first-order valence-electron chi connectivity index (χ1n) is 14.6. The van der Waals surface area contributed by atoms with E-state index < -0.39 is 48.4 Å². The number of likely N-dealkylation sites (tertiary alicyclic amines) is 1. The molecule has 0 aliphatic carbocycles. The highest BCUT2D eigenvalue weighted by atomic mass is 32.1. The van der Waals surface area contributed by atoms with Crippen LogP contribution in [0.5, 0.6) is 5.75 Å². The fourth-order valence-electron chi connectivity index (χ4n) is 5.44. The number of anilines is 2. The van der Waals surface area contributed by atoms with Crippen LogP contribution in [-0.4, -0.2) is 81.7 Å². The third-order valence-corrected chi connectivity index (χ3v) is 8.78. The van der Waals surface area contributed by atoms with Crippen molar-refractivity contribution in [2.45, 2.75) is 44.2 Å². The summed E-state index contributed by atoms with van der Waals surface area (Å²) in [5.41, 5.74) is -0.0336. The molecule has 252 valence electrons. The van der Waals surface area contributed by atoms with Crippen LogP contribution in [0.2, 0.25) is 0 Å². The van der Waals surface area contributed by atoms with Gasteiger partial charge in [0.25, 0.3) is 5.91 Å². The number of alkyl halides is 5. The number of hydrogen-bond acceptors (Lipinski definition) is 9. The number of halogens is 6. The van der Waals surface area contributed by atoms with E-state index in [-0.39, 0.29) is 41.4 Å². The molecule has 16 heteroatoms. The number of benzene rings is 2. The van der Waals surface area contributed by atoms with E-state index in [1.54, 1.807) is 18.2 Å². The Bertz CT molecular complexity index is 1680. The van der Waals surface area contributed by atoms with E-state index >= 15 is 0 Å². The van der Waals surface area contributed by atoms with E-state index in [1.807, 2.05) is 0 Å². The van der Waals surface area contributed by atoms with Gasteiger partial charge in [0.15, 0.2) is 6.10 Å². The summed E-state index contributed by atoms with van der Waals surface area (Å²) in [5, 5.41) is 8.72. The predicted molar refractivity (Wildman–Crippen MR) is 163 cm³/mol. The first-order chi connectivity index (χ1) is 22.4. The van der Waals surface area contributed by atoms with Crippen molar-refractivity contribution in [1.29, 1.82) is 0 Å². The van der Waals surface area contributed by atoms with Crippen LogP contribution >= 0.6 is 11.3 Å². The van der Waals surface area contributed by atoms with Crippen LogP contribution in [0.25, 0.3) is 10.1 Å². The minimum Gasteiger partial charge on any atom is -0.433 e. The number of ether oxygens (including phenoxy) is 3. The van der Waals surface area contributed by atoms with E-state index in [0.717, 1.165) is 49.4 Å². The fourth-order valence-corrected chi connectivity index (χ4v) is 6.61. The molecular weight excluding hydrogens is 654 g/mol. The Balaban J connectivity index is 1.32. The number of cyclic esters (lactones) is 2. The first-order valence-corrected chi connectivity index (χ1v) is 15.4. The highest BCUT2D eigenvalue weighted by molar-refractivity contribution is 7.20. The third-order valence-electron chi connectivity index (χ3n) is 7.58. The van der Waals surface area contributed by atoms with Gasteiger partial charge in [-0.05, 0) is 35.9 Å². The molecule has 2 aliphatic rings. The lowest BCUT2D eigenvalue weighted by Crippen LogP contribution is -2.43. The van der Waals surface area contributed by atoms with E-state index in [9.17, 15) is 35.9 Å². The third kappa shape index (κ3) is 8.72. The monoisotopic (exact) mass is 684 g/mol. The van der Waals surface area contributed by atoms with Crippen molar-refractivity contribution < 1.29 is 50.1 Å². The summed E-state index contributed by atoms with van der Waals surface area (Å²) in [6, 6.07) is 6.78. The zero-order chi connectivity index (χ0) is 33.7. The van der Waals surface area contributed by atoms with Gasteiger partial charge in [-0.3, -0.25) is 9.69 Å². The summed E-state index contributed by atoms with van der Waals surface area (Å²) in [7, 11) is 1.25. The number of piperidine rings is 1. The Morgan fingerprint density at radius 3 is 2.62 bits per heavy atom. The number of carbonyl (C=O) groups is 2. The zero-order valence-electron chi connectivity index (χ0n) is 24.9. The van der Waals surface area contributed by atoms with Crippen LogP contribution in [0, 0.1) is 17.7 Å². The van der Waals surface area contributed by atoms with Gasteiger partial charge in [-0.1, -0.05) is 24.0 Å². The average molecular weight is 685 g/mol. The number of fused-ring (bicyclic) bond motifs is 1. The number of nitrogens with one attached hydrogen (secondary N) is 3. The Morgan fingerprint density at radius 2 is 1.96 bits per heavy atom. The van der Waals surface area contributed by atoms with Crippen LogP contribution < -0.4 is 20.7 Å². The normalized spacial score (nSPS) is 17.2. The highest BCUT2D eigenvalue weighted by Crippen LogP contribution is 2.39. The minimum atomic E-state index is -4.51. The number of rotatable bonds is 10. The molecular formula is C31H30F6N4O5S. The molecule has 0 spiro atoms. The Hall–Kier alpha value is -4.36. The SMILES string of the molecule is CNC(=O)c1cc(OC(F)F)c(NCC#Cc2sc3c(NC4CCN(CC5COC(=O)O5)CC4)cccc3c2CC(F)(F)F)cc1F. The molecule has 2 fully saturated rings. The smallest absolute Gasteiger partial charge is 0.433 e. The van der Waals surface area contributed by atoms with Crippen molar-refractivity contribution in [2.24, 2.45) is 0 Å². The lowest BCUT2D eigenvalue weighted by Gasteiger charge is -2.33. The second-order valence-electron chi connectivity index (χ2n) is 10.8. The molecule has 0 radical (unpaired) electrons. The van der Waals surface area contributed by atoms with Gasteiger partial charge in [0.2, 0.25) is 0 Å². The molecule has 0 bridgehead atoms. The van der Waals surface area contributed by atoms with Gasteiger partial charge in [-0.2, -0.15) is 22.0 Å². The maximum atomic E-state index is 14.5. The van der Waals surface area contributed by atoms with E-state index in [1.165, 1.54) is 7.05 Å². The Labute approximate surface area is 269 Å². The fraction of sp³-hybridized carbons (Fsp3) is 0.419. The molecule has 1 atom stereocenters. The van der Waals surface area contributed by atoms with Gasteiger partial charge in [0.05, 0.1) is 39.5 Å². The van der Waals surface area contributed by atoms with E-state index in [0.29, 0.717) is 22.3 Å². The van der Waals surface area contributed by atoms with E-state index in [2.05, 4.69) is 37.4 Å². The maximum absolute atomic E-state index is 14.5. The van der Waals surface area contributed by atoms with Crippen LogP contribution in [0.15, 0.2) is 30.3 Å². The molecule has 1 aromatic heterocycles. The second kappa shape index (κ2) is 14.6. The largest absolute Gasteiger partial charge is 0.508 e. The van der Waals surface area contributed by atoms with Gasteiger partial charge in [-0.15, -0.1) is 11.3 Å². The highest BCUT2D eigenvalue weighted by Gasteiger charge is 2.32. The summed E-state index contributed by atoms with van der Waals surface area (Å²) in [6.45, 7) is -1.27. The van der Waals surface area contributed by atoms with Gasteiger partial charge in [0, 0.05) is 38.8 Å². The lowest BCUT2D eigenvalue weighted by molar-refractivity contribution is -0.127. The van der Waals surface area contributed by atoms with Crippen molar-refractivity contribution >= 4 is 44.9 Å². The Morgan fingerprint density at radius 1 is 1.19 bits per heavy atom. The number of thiophene rings is 1. The zero-order valence-corrected chi connectivity index (χ0v) is 25.8. The Kier molecular flexibility index (Phi) is 10.6. The summed E-state index contributed by atoms with van der Waals surface area (Å²) in [4.78, 5) is 25.4. The topological polar surface area (TPSA) is 101 Å². The quantitative estimate of drug-likeness (QED) is 0.136. The second-order valence-corrected chi connectivity index (χ2v) is 11.9. The molecule has 3 heterocycles. The van der Waals surface area contributed by atoms with Crippen molar-refractivity contribution in [3.63, 3.8) is 0 Å². The van der Waals surface area contributed by atoms with Crippen LogP contribution in [-0.2, 0) is 15.9 Å². The predicted octanol–water partition coefficient (Wildman–Crippen LogP) is 5.98. The number of hydrogen-bond donors (Lipinski definition) is 3. The van der Waals surface area contributed by atoms with Crippen molar-refractivity contribution in [3.05, 3.63) is 52.2 Å².